The molecule has 1 N–H and O–H groups in total. The molecular formula is C25H20ClFN6O. The smallest absolute Gasteiger partial charge is 0.254 e. The average molecular weight is 475 g/mol. The lowest BCUT2D eigenvalue weighted by Gasteiger charge is -2.08. The van der Waals surface area contributed by atoms with Crippen molar-refractivity contribution in [2.75, 3.05) is 0 Å². The number of carbonyl (C=O) groups is 1. The van der Waals surface area contributed by atoms with Crippen molar-refractivity contribution in [1.82, 2.24) is 30.3 Å². The fraction of sp³-hybridized carbons (Fsp3) is 0.160. The fourth-order valence-corrected chi connectivity index (χ4v) is 3.87. The highest BCUT2D eigenvalue weighted by Crippen LogP contribution is 2.24. The van der Waals surface area contributed by atoms with Gasteiger partial charge in [-0.2, -0.15) is 0 Å². The van der Waals surface area contributed by atoms with Crippen molar-refractivity contribution < 1.29 is 9.18 Å². The number of pyridine rings is 2. The Morgan fingerprint density at radius 3 is 2.74 bits per heavy atom. The number of fused-ring (bicyclic) bond motifs is 2. The highest BCUT2D eigenvalue weighted by molar-refractivity contribution is 5.95. The minimum absolute atomic E-state index is 0. The third-order valence-electron chi connectivity index (χ3n) is 5.78. The molecule has 1 amide bonds. The number of nitrogens with zero attached hydrogens (tertiary/aromatic N) is 5. The molecule has 6 rings (SSSR count). The maximum Gasteiger partial charge on any atom is 0.254 e. The van der Waals surface area contributed by atoms with E-state index in [0.717, 1.165) is 29.3 Å². The number of rotatable bonds is 5. The summed E-state index contributed by atoms with van der Waals surface area (Å²) in [7, 11) is 0. The maximum atomic E-state index is 14.7. The predicted octanol–water partition coefficient (Wildman–Crippen LogP) is 4.54. The summed E-state index contributed by atoms with van der Waals surface area (Å²) in [6.45, 7) is 0.492. The number of benzene rings is 2. The van der Waals surface area contributed by atoms with Gasteiger partial charge in [0, 0.05) is 23.2 Å². The van der Waals surface area contributed by atoms with Crippen molar-refractivity contribution in [1.29, 1.82) is 0 Å². The highest BCUT2D eigenvalue weighted by Gasteiger charge is 2.25. The molecule has 1 aliphatic rings. The highest BCUT2D eigenvalue weighted by atomic mass is 35.5. The van der Waals surface area contributed by atoms with E-state index in [4.69, 9.17) is 4.98 Å². The van der Waals surface area contributed by atoms with E-state index >= 15 is 0 Å². The van der Waals surface area contributed by atoms with Crippen LogP contribution >= 0.6 is 12.4 Å². The second-order valence-electron chi connectivity index (χ2n) is 8.26. The number of aromatic nitrogens is 5. The molecule has 1 saturated carbocycles. The van der Waals surface area contributed by atoms with Crippen molar-refractivity contribution in [3.05, 3.63) is 83.8 Å². The van der Waals surface area contributed by atoms with Gasteiger partial charge in [0.1, 0.15) is 11.3 Å². The molecule has 1 fully saturated rings. The first kappa shape index (κ1) is 21.9. The first-order valence-corrected chi connectivity index (χ1v) is 10.8. The van der Waals surface area contributed by atoms with Gasteiger partial charge in [-0.1, -0.05) is 23.4 Å². The van der Waals surface area contributed by atoms with Crippen molar-refractivity contribution in [3.63, 3.8) is 0 Å². The molecule has 34 heavy (non-hydrogen) atoms. The largest absolute Gasteiger partial charge is 0.349 e. The Labute approximate surface area is 200 Å². The summed E-state index contributed by atoms with van der Waals surface area (Å²) >= 11 is 0. The summed E-state index contributed by atoms with van der Waals surface area (Å²) in [5.74, 6) is -0.943. The summed E-state index contributed by atoms with van der Waals surface area (Å²) in [6, 6.07) is 18.3. The summed E-state index contributed by atoms with van der Waals surface area (Å²) in [6.07, 6.45) is 3.67. The van der Waals surface area contributed by atoms with Gasteiger partial charge in [-0.15, -0.1) is 17.5 Å². The molecular weight excluding hydrogens is 455 g/mol. The second-order valence-corrected chi connectivity index (χ2v) is 8.26. The zero-order valence-electron chi connectivity index (χ0n) is 18.0. The molecule has 170 valence electrons. The summed E-state index contributed by atoms with van der Waals surface area (Å²) in [5.41, 5.74) is 4.46. The normalized spacial score (nSPS) is 13.1. The van der Waals surface area contributed by atoms with Gasteiger partial charge in [0.2, 0.25) is 0 Å². The Hall–Kier alpha value is -3.91. The SMILES string of the molecule is Cl.O=C(NC1CC1)c1ccc(-c2ccc3nnn(Cc4ccc5ncccc5c4)c3n2)cc1F. The summed E-state index contributed by atoms with van der Waals surface area (Å²) in [5, 5.41) is 12.3. The summed E-state index contributed by atoms with van der Waals surface area (Å²) < 4.78 is 16.4. The lowest BCUT2D eigenvalue weighted by atomic mass is 10.1. The van der Waals surface area contributed by atoms with Crippen molar-refractivity contribution >= 4 is 40.4 Å². The standard InChI is InChI=1S/C25H19FN6O.ClH/c26-20-13-17(4-7-19(20)25(33)28-18-5-6-18)22-9-10-23-24(29-22)32(31-30-23)14-15-3-8-21-16(12-15)2-1-11-27-21;/h1-4,7-13,18H,5-6,14H2,(H,28,33);1H. The van der Waals surface area contributed by atoms with Gasteiger partial charge >= 0.3 is 0 Å². The van der Waals surface area contributed by atoms with Crippen molar-refractivity contribution in [3.8, 4) is 11.3 Å². The number of amides is 1. The van der Waals surface area contributed by atoms with Crippen LogP contribution in [0.15, 0.2) is 66.9 Å². The van der Waals surface area contributed by atoms with E-state index in [2.05, 4.69) is 26.7 Å². The first-order valence-electron chi connectivity index (χ1n) is 10.8. The molecule has 0 atom stereocenters. The maximum absolute atomic E-state index is 14.7. The van der Waals surface area contributed by atoms with Gasteiger partial charge in [-0.25, -0.2) is 14.1 Å². The third-order valence-corrected chi connectivity index (χ3v) is 5.78. The van der Waals surface area contributed by atoms with Crippen LogP contribution in [0.4, 0.5) is 4.39 Å². The molecule has 3 heterocycles. The monoisotopic (exact) mass is 474 g/mol. The third kappa shape index (κ3) is 4.20. The van der Waals surface area contributed by atoms with Crippen LogP contribution in [0.3, 0.4) is 0 Å². The Morgan fingerprint density at radius 2 is 1.91 bits per heavy atom. The van der Waals surface area contributed by atoms with Crippen LogP contribution in [-0.4, -0.2) is 36.9 Å². The molecule has 2 aromatic carbocycles. The quantitative estimate of drug-likeness (QED) is 0.404. The van der Waals surface area contributed by atoms with Gasteiger partial charge in [0.25, 0.3) is 5.91 Å². The number of hydrogen-bond acceptors (Lipinski definition) is 5. The van der Waals surface area contributed by atoms with Gasteiger partial charge in [0.05, 0.1) is 23.3 Å². The molecule has 0 unspecified atom stereocenters. The van der Waals surface area contributed by atoms with E-state index < -0.39 is 5.82 Å². The number of halogens is 2. The van der Waals surface area contributed by atoms with Crippen LogP contribution < -0.4 is 5.32 Å². The molecule has 0 bridgehead atoms. The van der Waals surface area contributed by atoms with Crippen molar-refractivity contribution in [2.24, 2.45) is 0 Å². The van der Waals surface area contributed by atoms with Gasteiger partial charge in [0.15, 0.2) is 5.65 Å². The minimum Gasteiger partial charge on any atom is -0.349 e. The van der Waals surface area contributed by atoms with E-state index in [-0.39, 0.29) is 29.9 Å². The van der Waals surface area contributed by atoms with E-state index in [1.807, 2.05) is 30.3 Å². The van der Waals surface area contributed by atoms with Crippen LogP contribution in [0.2, 0.25) is 0 Å². The minimum atomic E-state index is -0.566. The van der Waals surface area contributed by atoms with E-state index in [0.29, 0.717) is 29.0 Å². The van der Waals surface area contributed by atoms with Gasteiger partial charge in [-0.3, -0.25) is 9.78 Å². The Morgan fingerprint density at radius 1 is 1.06 bits per heavy atom. The molecule has 0 aliphatic heterocycles. The van der Waals surface area contributed by atoms with Crippen LogP contribution in [0, 0.1) is 5.82 Å². The van der Waals surface area contributed by atoms with Crippen LogP contribution in [0.25, 0.3) is 33.3 Å². The number of carbonyl (C=O) groups excluding carboxylic acids is 1. The molecule has 0 radical (unpaired) electrons. The van der Waals surface area contributed by atoms with Crippen LogP contribution in [-0.2, 0) is 6.54 Å². The average Bonchev–Trinajstić information content (AvgIpc) is 3.57. The van der Waals surface area contributed by atoms with Crippen molar-refractivity contribution in [2.45, 2.75) is 25.4 Å². The molecule has 9 heteroatoms. The molecule has 5 aromatic rings. The topological polar surface area (TPSA) is 85.6 Å². The Kier molecular flexibility index (Phi) is 5.67. The van der Waals surface area contributed by atoms with E-state index in [1.54, 1.807) is 23.0 Å². The zero-order chi connectivity index (χ0) is 22.4. The van der Waals surface area contributed by atoms with Crippen LogP contribution in [0.1, 0.15) is 28.8 Å². The number of nitrogens with one attached hydrogen (secondary N) is 1. The van der Waals surface area contributed by atoms with Gasteiger partial charge in [-0.05, 0) is 60.9 Å². The summed E-state index contributed by atoms with van der Waals surface area (Å²) in [4.78, 5) is 21.3. The lowest BCUT2D eigenvalue weighted by Crippen LogP contribution is -2.26. The van der Waals surface area contributed by atoms with E-state index in [9.17, 15) is 9.18 Å². The predicted molar refractivity (Wildman–Crippen MR) is 129 cm³/mol. The first-order chi connectivity index (χ1) is 16.1. The van der Waals surface area contributed by atoms with Gasteiger partial charge < -0.3 is 5.32 Å². The van der Waals surface area contributed by atoms with Crippen LogP contribution in [0.5, 0.6) is 0 Å². The zero-order valence-corrected chi connectivity index (χ0v) is 18.8. The lowest BCUT2D eigenvalue weighted by molar-refractivity contribution is 0.0947. The van der Waals surface area contributed by atoms with E-state index in [1.165, 1.54) is 12.1 Å². The molecule has 3 aromatic heterocycles. The molecule has 1 aliphatic carbocycles. The second kappa shape index (κ2) is 8.79. The molecule has 0 saturated heterocycles. The Bertz CT molecular complexity index is 1530. The fourth-order valence-electron chi connectivity index (χ4n) is 3.87. The molecule has 7 nitrogen and oxygen atoms in total. The Balaban J connectivity index is 0.00000241. The number of hydrogen-bond donors (Lipinski definition) is 1. The molecule has 0 spiro atoms.